The van der Waals surface area contributed by atoms with Crippen LogP contribution in [0.1, 0.15) is 27.2 Å². The molecule has 2 N–H and O–H groups in total. The summed E-state index contributed by atoms with van der Waals surface area (Å²) >= 11 is 0. The van der Waals surface area contributed by atoms with E-state index in [9.17, 15) is 9.59 Å². The maximum Gasteiger partial charge on any atom is 0.335 e. The Morgan fingerprint density at radius 3 is 2.47 bits per heavy atom. The maximum absolute atomic E-state index is 11.5. The first-order valence-corrected chi connectivity index (χ1v) is 5.67. The zero-order valence-corrected chi connectivity index (χ0v) is 10.6. The number of hydrogen-bond donors (Lipinski definition) is 2. The minimum Gasteiger partial charge on any atom is -0.464 e. The Morgan fingerprint density at radius 2 is 2.00 bits per heavy atom. The van der Waals surface area contributed by atoms with E-state index in [-0.39, 0.29) is 18.9 Å². The first kappa shape index (κ1) is 15.9. The summed E-state index contributed by atoms with van der Waals surface area (Å²) in [7, 11) is 0. The molecule has 0 aromatic carbocycles. The maximum atomic E-state index is 11.5. The van der Waals surface area contributed by atoms with Gasteiger partial charge in [-0.2, -0.15) is 0 Å². The summed E-state index contributed by atoms with van der Waals surface area (Å²) in [5.41, 5.74) is 0. The van der Waals surface area contributed by atoms with E-state index in [1.165, 1.54) is 0 Å². The number of ether oxygens (including phenoxy) is 2. The monoisotopic (exact) mass is 247 g/mol. The lowest BCUT2D eigenvalue weighted by Gasteiger charge is -2.15. The van der Waals surface area contributed by atoms with Gasteiger partial charge in [0.05, 0.1) is 13.0 Å². The number of aliphatic hydroxyl groups is 1. The molecule has 100 valence electrons. The summed E-state index contributed by atoms with van der Waals surface area (Å²) in [6, 6.07) is 0. The van der Waals surface area contributed by atoms with Crippen LogP contribution >= 0.6 is 0 Å². The van der Waals surface area contributed by atoms with Crippen LogP contribution in [0.5, 0.6) is 0 Å². The van der Waals surface area contributed by atoms with Gasteiger partial charge in [-0.1, -0.05) is 13.8 Å². The topological polar surface area (TPSA) is 84.9 Å². The zero-order valence-electron chi connectivity index (χ0n) is 10.6. The van der Waals surface area contributed by atoms with E-state index in [1.54, 1.807) is 6.92 Å². The van der Waals surface area contributed by atoms with Crippen LogP contribution in [0, 0.1) is 5.92 Å². The second-order valence-electron chi connectivity index (χ2n) is 3.94. The average molecular weight is 247 g/mol. The smallest absolute Gasteiger partial charge is 0.335 e. The van der Waals surface area contributed by atoms with Crippen LogP contribution in [0.3, 0.4) is 0 Å². The third-order valence-corrected chi connectivity index (χ3v) is 1.90. The van der Waals surface area contributed by atoms with Gasteiger partial charge in [0.2, 0.25) is 5.91 Å². The molecule has 1 unspecified atom stereocenters. The van der Waals surface area contributed by atoms with E-state index < -0.39 is 18.9 Å². The molecule has 0 aromatic heterocycles. The highest BCUT2D eigenvalue weighted by Gasteiger charge is 2.23. The third-order valence-electron chi connectivity index (χ3n) is 1.90. The van der Waals surface area contributed by atoms with Gasteiger partial charge in [0.1, 0.15) is 6.79 Å². The highest BCUT2D eigenvalue weighted by molar-refractivity contribution is 5.84. The quantitative estimate of drug-likeness (QED) is 0.467. The molecule has 6 nitrogen and oxygen atoms in total. The first-order valence-electron chi connectivity index (χ1n) is 5.67. The SMILES string of the molecule is CCOC(=O)C(CC(=O)NCC(C)C)OCO. The van der Waals surface area contributed by atoms with Gasteiger partial charge in [0.25, 0.3) is 0 Å². The molecule has 0 saturated carbocycles. The molecule has 0 aliphatic rings. The Morgan fingerprint density at radius 1 is 1.35 bits per heavy atom. The van der Waals surface area contributed by atoms with Crippen LogP contribution in [0.25, 0.3) is 0 Å². The Hall–Kier alpha value is -1.14. The van der Waals surface area contributed by atoms with E-state index >= 15 is 0 Å². The van der Waals surface area contributed by atoms with Crippen LogP contribution in [-0.2, 0) is 19.1 Å². The zero-order chi connectivity index (χ0) is 13.3. The fraction of sp³-hybridized carbons (Fsp3) is 0.818. The number of amides is 1. The van der Waals surface area contributed by atoms with Gasteiger partial charge in [-0.25, -0.2) is 4.79 Å². The number of rotatable bonds is 8. The predicted molar refractivity (Wildman–Crippen MR) is 61.1 cm³/mol. The van der Waals surface area contributed by atoms with Crippen molar-refractivity contribution in [1.82, 2.24) is 5.32 Å². The largest absolute Gasteiger partial charge is 0.464 e. The van der Waals surface area contributed by atoms with Crippen molar-refractivity contribution >= 4 is 11.9 Å². The summed E-state index contributed by atoms with van der Waals surface area (Å²) in [6.45, 7) is 5.71. The lowest BCUT2D eigenvalue weighted by molar-refractivity contribution is -0.165. The molecule has 0 bridgehead atoms. The molecular weight excluding hydrogens is 226 g/mol. The van der Waals surface area contributed by atoms with Gasteiger partial charge in [-0.05, 0) is 12.8 Å². The van der Waals surface area contributed by atoms with Crippen molar-refractivity contribution in [3.63, 3.8) is 0 Å². The first-order chi connectivity index (χ1) is 8.01. The van der Waals surface area contributed by atoms with Gasteiger partial charge in [0.15, 0.2) is 6.10 Å². The van der Waals surface area contributed by atoms with Crippen molar-refractivity contribution in [1.29, 1.82) is 0 Å². The standard InChI is InChI=1S/C11H21NO5/c1-4-16-11(15)9(17-7-13)5-10(14)12-6-8(2)3/h8-9,13H,4-7H2,1-3H3,(H,12,14). The molecule has 0 aliphatic heterocycles. The van der Waals surface area contributed by atoms with Crippen LogP contribution in [0.2, 0.25) is 0 Å². The summed E-state index contributed by atoms with van der Waals surface area (Å²) in [6.07, 6.45) is -1.20. The minimum atomic E-state index is -1.05. The summed E-state index contributed by atoms with van der Waals surface area (Å²) in [5.74, 6) is -0.606. The number of aliphatic hydroxyl groups excluding tert-OH is 1. The van der Waals surface area contributed by atoms with Crippen molar-refractivity contribution in [3.8, 4) is 0 Å². The molecular formula is C11H21NO5. The van der Waals surface area contributed by atoms with Crippen molar-refractivity contribution in [2.45, 2.75) is 33.3 Å². The number of hydrogen-bond acceptors (Lipinski definition) is 5. The summed E-state index contributed by atoms with van der Waals surface area (Å²) in [5, 5.41) is 11.3. The fourth-order valence-electron chi connectivity index (χ4n) is 1.09. The molecule has 0 saturated heterocycles. The van der Waals surface area contributed by atoms with Gasteiger partial charge in [-0.3, -0.25) is 4.79 Å². The van der Waals surface area contributed by atoms with Crippen LogP contribution in [0.4, 0.5) is 0 Å². The van der Waals surface area contributed by atoms with Gasteiger partial charge in [-0.15, -0.1) is 0 Å². The molecule has 0 fully saturated rings. The van der Waals surface area contributed by atoms with E-state index in [1.807, 2.05) is 13.8 Å². The fourth-order valence-corrected chi connectivity index (χ4v) is 1.09. The molecule has 0 aromatic rings. The van der Waals surface area contributed by atoms with Crippen LogP contribution in [-0.4, -0.2) is 43.0 Å². The molecule has 0 heterocycles. The normalized spacial score (nSPS) is 12.3. The van der Waals surface area contributed by atoms with Crippen molar-refractivity contribution in [2.75, 3.05) is 19.9 Å². The lowest BCUT2D eigenvalue weighted by Crippen LogP contribution is -2.35. The van der Waals surface area contributed by atoms with Gasteiger partial charge < -0.3 is 19.9 Å². The number of nitrogens with one attached hydrogen (secondary N) is 1. The van der Waals surface area contributed by atoms with Crippen molar-refractivity contribution in [3.05, 3.63) is 0 Å². The second kappa shape index (κ2) is 8.95. The highest BCUT2D eigenvalue weighted by Crippen LogP contribution is 2.02. The van der Waals surface area contributed by atoms with Gasteiger partial charge in [0, 0.05) is 6.54 Å². The number of carbonyl (C=O) groups excluding carboxylic acids is 2. The highest BCUT2D eigenvalue weighted by atomic mass is 16.6. The minimum absolute atomic E-state index is 0.147. The number of carbonyl (C=O) groups is 2. The van der Waals surface area contributed by atoms with E-state index in [2.05, 4.69) is 5.32 Å². The molecule has 6 heteroatoms. The van der Waals surface area contributed by atoms with Crippen LogP contribution in [0.15, 0.2) is 0 Å². The Bertz CT molecular complexity index is 242. The van der Waals surface area contributed by atoms with Crippen LogP contribution < -0.4 is 5.32 Å². The molecule has 17 heavy (non-hydrogen) atoms. The van der Waals surface area contributed by atoms with E-state index in [0.29, 0.717) is 12.5 Å². The molecule has 1 atom stereocenters. The predicted octanol–water partition coefficient (Wildman–Crippen LogP) is 0.0468. The molecule has 0 aliphatic carbocycles. The molecule has 1 amide bonds. The summed E-state index contributed by atoms with van der Waals surface area (Å²) < 4.78 is 9.48. The Kier molecular flexibility index (Phi) is 8.35. The number of esters is 1. The van der Waals surface area contributed by atoms with E-state index in [4.69, 9.17) is 14.6 Å². The van der Waals surface area contributed by atoms with Crippen molar-refractivity contribution in [2.24, 2.45) is 5.92 Å². The molecule has 0 rings (SSSR count). The lowest BCUT2D eigenvalue weighted by atomic mass is 10.2. The van der Waals surface area contributed by atoms with E-state index in [0.717, 1.165) is 0 Å². The third kappa shape index (κ3) is 7.70. The second-order valence-corrected chi connectivity index (χ2v) is 3.94. The Balaban J connectivity index is 4.14. The van der Waals surface area contributed by atoms with Gasteiger partial charge >= 0.3 is 5.97 Å². The average Bonchev–Trinajstić information content (AvgIpc) is 2.26. The molecule has 0 radical (unpaired) electrons. The Labute approximate surface area is 101 Å². The summed E-state index contributed by atoms with van der Waals surface area (Å²) in [4.78, 5) is 22.8. The molecule has 0 spiro atoms. The van der Waals surface area contributed by atoms with Crippen molar-refractivity contribution < 1.29 is 24.2 Å².